The van der Waals surface area contributed by atoms with Crippen molar-refractivity contribution >= 4 is 22.6 Å². The third-order valence-electron chi connectivity index (χ3n) is 4.35. The number of ether oxygens (including phenoxy) is 1. The van der Waals surface area contributed by atoms with Crippen molar-refractivity contribution in [1.82, 2.24) is 9.88 Å². The maximum atomic E-state index is 11.9. The molecule has 1 aliphatic heterocycles. The highest BCUT2D eigenvalue weighted by Crippen LogP contribution is 2.31. The summed E-state index contributed by atoms with van der Waals surface area (Å²) in [5.41, 5.74) is 5.28. The van der Waals surface area contributed by atoms with Crippen LogP contribution in [-0.2, 0) is 4.79 Å². The lowest BCUT2D eigenvalue weighted by atomic mass is 10.1. The molecule has 0 aliphatic carbocycles. The number of benzene rings is 1. The van der Waals surface area contributed by atoms with E-state index in [1.165, 1.54) is 12.1 Å². The highest BCUT2D eigenvalue weighted by atomic mass is 16.5. The Morgan fingerprint density at radius 3 is 3.00 bits per heavy atom. The Morgan fingerprint density at radius 2 is 2.27 bits per heavy atom. The standard InChI is InChI=1S/C18H18N4O4/c19-5-3-16(24)22-7-1-2-12(10-22)26-18-13-9-15(23)14(17(20)25)8-11(13)4-6-21-18/h4,6,8-9,12,23H,1-3,7,10H2,(H2,20,25)/t12-/m1/s1. The number of nitriles is 1. The van der Waals surface area contributed by atoms with Gasteiger partial charge in [-0.3, -0.25) is 9.59 Å². The summed E-state index contributed by atoms with van der Waals surface area (Å²) in [5, 5.41) is 19.9. The quantitative estimate of drug-likeness (QED) is 0.852. The van der Waals surface area contributed by atoms with Gasteiger partial charge in [0.25, 0.3) is 5.91 Å². The molecule has 1 atom stereocenters. The number of likely N-dealkylation sites (tertiary alicyclic amines) is 1. The van der Waals surface area contributed by atoms with E-state index in [0.717, 1.165) is 12.8 Å². The topological polar surface area (TPSA) is 130 Å². The fourth-order valence-electron chi connectivity index (χ4n) is 3.07. The number of primary amides is 1. The van der Waals surface area contributed by atoms with Crippen molar-refractivity contribution in [3.63, 3.8) is 0 Å². The summed E-state index contributed by atoms with van der Waals surface area (Å²) in [7, 11) is 0. The zero-order valence-electron chi connectivity index (χ0n) is 14.0. The molecule has 0 saturated carbocycles. The second-order valence-electron chi connectivity index (χ2n) is 6.13. The number of pyridine rings is 1. The molecule has 134 valence electrons. The zero-order chi connectivity index (χ0) is 18.7. The number of nitrogens with two attached hydrogens (primary N) is 1. The smallest absolute Gasteiger partial charge is 0.252 e. The SMILES string of the molecule is N#CCC(=O)N1CCC[C@@H](Oc2nccc3cc(C(N)=O)c(O)cc23)C1. The highest BCUT2D eigenvalue weighted by molar-refractivity contribution is 6.01. The van der Waals surface area contributed by atoms with Crippen molar-refractivity contribution in [1.29, 1.82) is 5.26 Å². The first kappa shape index (κ1) is 17.5. The van der Waals surface area contributed by atoms with E-state index >= 15 is 0 Å². The number of rotatable bonds is 4. The summed E-state index contributed by atoms with van der Waals surface area (Å²) >= 11 is 0. The molecule has 0 spiro atoms. The van der Waals surface area contributed by atoms with Gasteiger partial charge >= 0.3 is 0 Å². The molecule has 1 fully saturated rings. The van der Waals surface area contributed by atoms with Gasteiger partial charge in [0, 0.05) is 18.1 Å². The van der Waals surface area contributed by atoms with Gasteiger partial charge in [-0.25, -0.2) is 4.98 Å². The number of aromatic nitrogens is 1. The van der Waals surface area contributed by atoms with Crippen LogP contribution in [0.3, 0.4) is 0 Å². The van der Waals surface area contributed by atoms with Gasteiger partial charge in [0.15, 0.2) is 0 Å². The Balaban J connectivity index is 1.85. The molecular formula is C18H18N4O4. The fraction of sp³-hybridized carbons (Fsp3) is 0.333. The Hall–Kier alpha value is -3.34. The van der Waals surface area contributed by atoms with Crippen molar-refractivity contribution in [2.24, 2.45) is 5.73 Å². The minimum absolute atomic E-state index is 0.0283. The van der Waals surface area contributed by atoms with Crippen LogP contribution in [0.5, 0.6) is 11.6 Å². The first-order chi connectivity index (χ1) is 12.5. The molecule has 0 radical (unpaired) electrons. The van der Waals surface area contributed by atoms with E-state index in [1.807, 2.05) is 6.07 Å². The molecule has 1 aromatic heterocycles. The van der Waals surface area contributed by atoms with Crippen LogP contribution in [0.25, 0.3) is 10.8 Å². The fourth-order valence-corrected chi connectivity index (χ4v) is 3.07. The molecule has 1 aromatic carbocycles. The molecule has 3 N–H and O–H groups in total. The van der Waals surface area contributed by atoms with Gasteiger partial charge in [-0.1, -0.05) is 0 Å². The van der Waals surface area contributed by atoms with Crippen LogP contribution in [0.2, 0.25) is 0 Å². The van der Waals surface area contributed by atoms with Gasteiger partial charge in [0.2, 0.25) is 11.8 Å². The monoisotopic (exact) mass is 354 g/mol. The van der Waals surface area contributed by atoms with E-state index in [9.17, 15) is 14.7 Å². The van der Waals surface area contributed by atoms with E-state index in [1.54, 1.807) is 17.2 Å². The molecule has 0 unspecified atom stereocenters. The van der Waals surface area contributed by atoms with Crippen molar-refractivity contribution in [3.05, 3.63) is 30.0 Å². The van der Waals surface area contributed by atoms with E-state index in [0.29, 0.717) is 29.7 Å². The van der Waals surface area contributed by atoms with Crippen LogP contribution in [0.4, 0.5) is 0 Å². The van der Waals surface area contributed by atoms with Crippen LogP contribution in [0.1, 0.15) is 29.6 Å². The second-order valence-corrected chi connectivity index (χ2v) is 6.13. The van der Waals surface area contributed by atoms with Crippen LogP contribution in [0.15, 0.2) is 24.4 Å². The maximum Gasteiger partial charge on any atom is 0.252 e. The second kappa shape index (κ2) is 7.27. The molecule has 0 bridgehead atoms. The van der Waals surface area contributed by atoms with E-state index in [4.69, 9.17) is 15.7 Å². The molecule has 2 amide bonds. The lowest BCUT2D eigenvalue weighted by Gasteiger charge is -2.32. The third-order valence-corrected chi connectivity index (χ3v) is 4.35. The van der Waals surface area contributed by atoms with Gasteiger partial charge in [0.05, 0.1) is 18.2 Å². The number of carbonyl (C=O) groups is 2. The maximum absolute atomic E-state index is 11.9. The summed E-state index contributed by atoms with van der Waals surface area (Å²) in [5.74, 6) is -0.858. The van der Waals surface area contributed by atoms with Crippen molar-refractivity contribution in [2.75, 3.05) is 13.1 Å². The number of hydrogen-bond acceptors (Lipinski definition) is 6. The Kier molecular flexibility index (Phi) is 4.89. The summed E-state index contributed by atoms with van der Waals surface area (Å²) < 4.78 is 5.97. The number of hydrogen-bond donors (Lipinski definition) is 2. The molecule has 26 heavy (non-hydrogen) atoms. The Bertz CT molecular complexity index is 906. The average Bonchev–Trinajstić information content (AvgIpc) is 2.62. The van der Waals surface area contributed by atoms with Crippen LogP contribution in [-0.4, -0.2) is 46.0 Å². The summed E-state index contributed by atoms with van der Waals surface area (Å²) in [6.07, 6.45) is 2.65. The van der Waals surface area contributed by atoms with E-state index < -0.39 is 5.91 Å². The first-order valence-electron chi connectivity index (χ1n) is 8.22. The van der Waals surface area contributed by atoms with Crippen molar-refractivity contribution in [3.8, 4) is 17.7 Å². The number of fused-ring (bicyclic) bond motifs is 1. The summed E-state index contributed by atoms with van der Waals surface area (Å²) in [4.78, 5) is 29.1. The van der Waals surface area contributed by atoms with E-state index in [2.05, 4.69) is 4.98 Å². The molecule has 1 saturated heterocycles. The van der Waals surface area contributed by atoms with Gasteiger partial charge in [-0.05, 0) is 36.4 Å². The van der Waals surface area contributed by atoms with Crippen LogP contribution < -0.4 is 10.5 Å². The predicted molar refractivity (Wildman–Crippen MR) is 92.4 cm³/mol. The van der Waals surface area contributed by atoms with Crippen LogP contribution in [0, 0.1) is 11.3 Å². The number of nitrogens with zero attached hydrogens (tertiary/aromatic N) is 3. The summed E-state index contributed by atoms with van der Waals surface area (Å²) in [6.45, 7) is 0.982. The molecule has 1 aliphatic rings. The van der Waals surface area contributed by atoms with E-state index in [-0.39, 0.29) is 29.7 Å². The van der Waals surface area contributed by atoms with Gasteiger partial charge in [0.1, 0.15) is 18.3 Å². The molecule has 2 heterocycles. The summed E-state index contributed by atoms with van der Waals surface area (Å²) in [6, 6.07) is 6.45. The van der Waals surface area contributed by atoms with Gasteiger partial charge in [-0.2, -0.15) is 5.26 Å². The normalized spacial score (nSPS) is 16.9. The molecule has 8 heteroatoms. The highest BCUT2D eigenvalue weighted by Gasteiger charge is 2.25. The number of piperidine rings is 1. The zero-order valence-corrected chi connectivity index (χ0v) is 14.0. The Labute approximate surface area is 149 Å². The lowest BCUT2D eigenvalue weighted by molar-refractivity contribution is -0.132. The predicted octanol–water partition coefficient (Wildman–Crippen LogP) is 1.32. The lowest BCUT2D eigenvalue weighted by Crippen LogP contribution is -2.44. The largest absolute Gasteiger partial charge is 0.507 e. The molecular weight excluding hydrogens is 336 g/mol. The molecule has 3 rings (SSSR count). The average molecular weight is 354 g/mol. The van der Waals surface area contributed by atoms with Crippen molar-refractivity contribution < 1.29 is 19.4 Å². The van der Waals surface area contributed by atoms with Crippen LogP contribution >= 0.6 is 0 Å². The van der Waals surface area contributed by atoms with Gasteiger partial charge < -0.3 is 20.5 Å². The number of phenols is 1. The first-order valence-corrected chi connectivity index (χ1v) is 8.22. The number of aromatic hydroxyl groups is 1. The number of amides is 2. The number of carbonyl (C=O) groups excluding carboxylic acids is 2. The minimum atomic E-state index is -0.720. The van der Waals surface area contributed by atoms with Crippen molar-refractivity contribution in [2.45, 2.75) is 25.4 Å². The molecule has 2 aromatic rings. The minimum Gasteiger partial charge on any atom is -0.507 e. The Morgan fingerprint density at radius 1 is 1.46 bits per heavy atom. The van der Waals surface area contributed by atoms with Gasteiger partial charge in [-0.15, -0.1) is 0 Å². The third kappa shape index (κ3) is 3.52. The molecule has 8 nitrogen and oxygen atoms in total.